The van der Waals surface area contributed by atoms with Crippen LogP contribution in [-0.4, -0.2) is 43.5 Å². The minimum atomic E-state index is 0. The Morgan fingerprint density at radius 3 is 2.62 bits per heavy atom. The van der Waals surface area contributed by atoms with Crippen LogP contribution in [0.4, 0.5) is 5.69 Å². The van der Waals surface area contributed by atoms with Crippen LogP contribution in [0.1, 0.15) is 24.6 Å². The molecule has 2 rings (SSSR count). The number of hydrogen-bond acceptors (Lipinski definition) is 4. The van der Waals surface area contributed by atoms with Gasteiger partial charge in [0, 0.05) is 30.5 Å². The number of aliphatic imine (C=N–C) groups is 1. The quantitative estimate of drug-likeness (QED) is 0.237. The van der Waals surface area contributed by atoms with Crippen molar-refractivity contribution in [3.63, 3.8) is 0 Å². The minimum absolute atomic E-state index is 0. The first kappa shape index (κ1) is 22.1. The van der Waals surface area contributed by atoms with Crippen LogP contribution in [-0.2, 0) is 6.42 Å². The number of methoxy groups -OCH3 is 2. The summed E-state index contributed by atoms with van der Waals surface area (Å²) >= 11 is 0. The number of nitrogens with one attached hydrogen (secondary N) is 3. The lowest BCUT2D eigenvalue weighted by molar-refractivity contribution is 0.355. The molecule has 1 aromatic carbocycles. The maximum Gasteiger partial charge on any atom is 0.195 e. The van der Waals surface area contributed by atoms with E-state index in [2.05, 4.69) is 25.8 Å². The Kier molecular flexibility index (Phi) is 9.85. The Hall–Kier alpha value is -1.97. The highest BCUT2D eigenvalue weighted by molar-refractivity contribution is 14.0. The van der Waals surface area contributed by atoms with Crippen molar-refractivity contribution in [2.45, 2.75) is 26.7 Å². The zero-order valence-electron chi connectivity index (χ0n) is 15.8. The second kappa shape index (κ2) is 11.6. The lowest BCUT2D eigenvalue weighted by Gasteiger charge is -2.13. The van der Waals surface area contributed by atoms with E-state index in [1.807, 2.05) is 38.2 Å². The van der Waals surface area contributed by atoms with Gasteiger partial charge in [-0.25, -0.2) is 0 Å². The van der Waals surface area contributed by atoms with E-state index >= 15 is 0 Å². The summed E-state index contributed by atoms with van der Waals surface area (Å²) in [6, 6.07) is 5.69. The Bertz CT molecular complexity index is 703. The lowest BCUT2D eigenvalue weighted by Crippen LogP contribution is -2.30. The molecule has 0 fully saturated rings. The van der Waals surface area contributed by atoms with Gasteiger partial charge in [0.15, 0.2) is 17.5 Å². The molecule has 0 atom stereocenters. The fourth-order valence-corrected chi connectivity index (χ4v) is 2.45. The molecule has 0 aliphatic heterocycles. The van der Waals surface area contributed by atoms with Gasteiger partial charge in [-0.05, 0) is 44.4 Å². The van der Waals surface area contributed by atoms with Crippen LogP contribution in [0.3, 0.4) is 0 Å². The maximum atomic E-state index is 5.34. The third-order valence-electron chi connectivity index (χ3n) is 3.80. The van der Waals surface area contributed by atoms with Gasteiger partial charge in [0.05, 0.1) is 20.4 Å². The largest absolute Gasteiger partial charge is 0.493 e. The predicted octanol–water partition coefficient (Wildman–Crippen LogP) is 3.36. The van der Waals surface area contributed by atoms with Gasteiger partial charge in [-0.1, -0.05) is 0 Å². The predicted molar refractivity (Wildman–Crippen MR) is 116 cm³/mol. The number of halogens is 1. The number of hydrogen-bond donors (Lipinski definition) is 3. The van der Waals surface area contributed by atoms with E-state index in [0.29, 0.717) is 11.5 Å². The standard InChI is InChI=1S/C18H27N5O2.HI/c1-5-19-18(20-10-6-7-14-12-21-23-13(14)2)22-15-8-9-16(24-3)17(11-15)25-4;/h8-9,11-12H,5-7,10H2,1-4H3,(H,21,23)(H2,19,20,22);1H. The van der Waals surface area contributed by atoms with Crippen molar-refractivity contribution in [3.8, 4) is 11.5 Å². The van der Waals surface area contributed by atoms with E-state index in [0.717, 1.165) is 43.3 Å². The molecule has 1 heterocycles. The first-order chi connectivity index (χ1) is 12.2. The zero-order chi connectivity index (χ0) is 18.1. The van der Waals surface area contributed by atoms with Crippen molar-refractivity contribution in [3.05, 3.63) is 35.7 Å². The Morgan fingerprint density at radius 2 is 2.00 bits per heavy atom. The number of rotatable bonds is 8. The molecule has 7 nitrogen and oxygen atoms in total. The third-order valence-corrected chi connectivity index (χ3v) is 3.80. The molecule has 0 aliphatic carbocycles. The van der Waals surface area contributed by atoms with Crippen LogP contribution in [0, 0.1) is 6.92 Å². The summed E-state index contributed by atoms with van der Waals surface area (Å²) in [6.07, 6.45) is 3.80. The average Bonchev–Trinajstić information content (AvgIpc) is 3.03. The Morgan fingerprint density at radius 1 is 1.23 bits per heavy atom. The monoisotopic (exact) mass is 473 g/mol. The SMILES string of the molecule is CCNC(=NCCCc1cn[nH]c1C)Nc1ccc(OC)c(OC)c1.I. The second-order valence-electron chi connectivity index (χ2n) is 5.58. The molecule has 8 heteroatoms. The van der Waals surface area contributed by atoms with Crippen LogP contribution < -0.4 is 20.1 Å². The van der Waals surface area contributed by atoms with Crippen LogP contribution in [0.2, 0.25) is 0 Å². The van der Waals surface area contributed by atoms with Crippen LogP contribution in [0.5, 0.6) is 11.5 Å². The van der Waals surface area contributed by atoms with Crippen molar-refractivity contribution in [1.82, 2.24) is 15.5 Å². The number of aryl methyl sites for hydroxylation is 2. The summed E-state index contributed by atoms with van der Waals surface area (Å²) in [5.41, 5.74) is 3.26. The molecule has 0 amide bonds. The molecule has 0 bridgehead atoms. The number of anilines is 1. The molecule has 0 aliphatic rings. The third kappa shape index (κ3) is 6.40. The first-order valence-corrected chi connectivity index (χ1v) is 8.44. The molecule has 0 saturated heterocycles. The van der Waals surface area contributed by atoms with Gasteiger partial charge in [0.1, 0.15) is 0 Å². The molecule has 0 unspecified atom stereocenters. The van der Waals surface area contributed by atoms with E-state index in [4.69, 9.17) is 9.47 Å². The fraction of sp³-hybridized carbons (Fsp3) is 0.444. The minimum Gasteiger partial charge on any atom is -0.493 e. The molecular formula is C18H28IN5O2. The van der Waals surface area contributed by atoms with Crippen LogP contribution in [0.15, 0.2) is 29.4 Å². The molecule has 0 radical (unpaired) electrons. The van der Waals surface area contributed by atoms with E-state index in [1.54, 1.807) is 14.2 Å². The van der Waals surface area contributed by atoms with Gasteiger partial charge >= 0.3 is 0 Å². The molecule has 3 N–H and O–H groups in total. The summed E-state index contributed by atoms with van der Waals surface area (Å²) in [4.78, 5) is 4.63. The van der Waals surface area contributed by atoms with Crippen molar-refractivity contribution in [2.75, 3.05) is 32.6 Å². The molecule has 2 aromatic rings. The number of nitrogens with zero attached hydrogens (tertiary/aromatic N) is 2. The highest BCUT2D eigenvalue weighted by Crippen LogP contribution is 2.29. The van der Waals surface area contributed by atoms with E-state index in [1.165, 1.54) is 5.56 Å². The molecular weight excluding hydrogens is 445 g/mol. The lowest BCUT2D eigenvalue weighted by atomic mass is 10.1. The van der Waals surface area contributed by atoms with Gasteiger partial charge in [0.2, 0.25) is 0 Å². The molecule has 1 aromatic heterocycles. The van der Waals surface area contributed by atoms with Crippen molar-refractivity contribution < 1.29 is 9.47 Å². The number of aromatic nitrogens is 2. The van der Waals surface area contributed by atoms with Crippen LogP contribution in [0.25, 0.3) is 0 Å². The summed E-state index contributed by atoms with van der Waals surface area (Å²) in [5.74, 6) is 2.13. The first-order valence-electron chi connectivity index (χ1n) is 8.44. The Balaban J connectivity index is 0.00000338. The molecule has 26 heavy (non-hydrogen) atoms. The topological polar surface area (TPSA) is 83.6 Å². The number of H-pyrrole nitrogens is 1. The highest BCUT2D eigenvalue weighted by atomic mass is 127. The van der Waals surface area contributed by atoms with Gasteiger partial charge in [0.25, 0.3) is 0 Å². The van der Waals surface area contributed by atoms with E-state index in [9.17, 15) is 0 Å². The molecule has 0 saturated carbocycles. The maximum absolute atomic E-state index is 5.34. The number of guanidine groups is 1. The number of benzene rings is 1. The summed E-state index contributed by atoms with van der Waals surface area (Å²) < 4.78 is 10.6. The van der Waals surface area contributed by atoms with Gasteiger partial charge in [-0.2, -0.15) is 5.10 Å². The average molecular weight is 473 g/mol. The van der Waals surface area contributed by atoms with E-state index in [-0.39, 0.29) is 24.0 Å². The summed E-state index contributed by atoms with van der Waals surface area (Å²) in [5, 5.41) is 13.5. The van der Waals surface area contributed by atoms with Crippen molar-refractivity contribution in [1.29, 1.82) is 0 Å². The molecule has 0 spiro atoms. The second-order valence-corrected chi connectivity index (χ2v) is 5.58. The fourth-order valence-electron chi connectivity index (χ4n) is 2.45. The van der Waals surface area contributed by atoms with Gasteiger partial charge in [-0.3, -0.25) is 10.1 Å². The van der Waals surface area contributed by atoms with Gasteiger partial charge < -0.3 is 20.1 Å². The van der Waals surface area contributed by atoms with Crippen LogP contribution >= 0.6 is 24.0 Å². The van der Waals surface area contributed by atoms with Crippen molar-refractivity contribution in [2.24, 2.45) is 4.99 Å². The number of aromatic amines is 1. The summed E-state index contributed by atoms with van der Waals surface area (Å²) in [6.45, 7) is 5.60. The Labute approximate surface area is 172 Å². The van der Waals surface area contributed by atoms with Crippen molar-refractivity contribution >= 4 is 35.6 Å². The smallest absolute Gasteiger partial charge is 0.195 e. The highest BCUT2D eigenvalue weighted by Gasteiger charge is 2.06. The zero-order valence-corrected chi connectivity index (χ0v) is 18.1. The van der Waals surface area contributed by atoms with Gasteiger partial charge in [-0.15, -0.1) is 24.0 Å². The normalized spacial score (nSPS) is 10.8. The summed E-state index contributed by atoms with van der Waals surface area (Å²) in [7, 11) is 3.25. The molecule has 144 valence electrons. The van der Waals surface area contributed by atoms with E-state index < -0.39 is 0 Å². The number of ether oxygens (including phenoxy) is 2.